The molecule has 5 aliphatic heterocycles. The zero-order valence-corrected chi connectivity index (χ0v) is 18.8. The molecule has 162 valence electrons. The molecule has 5 heterocycles. The van der Waals surface area contributed by atoms with Gasteiger partial charge in [0, 0.05) is 43.8 Å². The minimum absolute atomic E-state index is 0.152. The summed E-state index contributed by atoms with van der Waals surface area (Å²) in [6.07, 6.45) is 5.99. The van der Waals surface area contributed by atoms with Crippen LogP contribution in [0, 0.1) is 17.8 Å². The Morgan fingerprint density at radius 2 is 2.00 bits per heavy atom. The maximum absolute atomic E-state index is 12.0. The summed E-state index contributed by atoms with van der Waals surface area (Å²) in [6.45, 7) is 7.59. The second-order valence-electron chi connectivity index (χ2n) is 11.1. The maximum atomic E-state index is 12.0. The van der Waals surface area contributed by atoms with Crippen LogP contribution in [0.5, 0.6) is 0 Å². The summed E-state index contributed by atoms with van der Waals surface area (Å²) in [5.74, 6) is 1.10. The molecule has 10 atom stereocenters. The maximum Gasteiger partial charge on any atom is 0.194 e. The molecule has 1 aliphatic carbocycles. The van der Waals surface area contributed by atoms with E-state index in [-0.39, 0.29) is 23.8 Å². The first kappa shape index (κ1) is 19.3. The molecule has 5 bridgehead atoms. The second-order valence-corrected chi connectivity index (χ2v) is 11.1. The second kappa shape index (κ2) is 6.11. The lowest BCUT2D eigenvalue weighted by molar-refractivity contribution is -1.04. The highest BCUT2D eigenvalue weighted by Gasteiger charge is 2.82. The quantitative estimate of drug-likeness (QED) is 0.592. The zero-order chi connectivity index (χ0) is 21.0. The molecule has 4 nitrogen and oxygen atoms in total. The highest BCUT2D eigenvalue weighted by Crippen LogP contribution is 2.71. The molecule has 1 spiro atoms. The Hall–Kier alpha value is -1.36. The van der Waals surface area contributed by atoms with Gasteiger partial charge in [-0.25, -0.2) is 0 Å². The van der Waals surface area contributed by atoms with Crippen molar-refractivity contribution in [3.8, 4) is 0 Å². The first-order valence-corrected chi connectivity index (χ1v) is 12.1. The predicted octanol–water partition coefficient (Wildman–Crippen LogP) is 3.43. The number of fused-ring (bicyclic) bond motifs is 2. The number of piperidine rings is 4. The summed E-state index contributed by atoms with van der Waals surface area (Å²) in [5, 5.41) is 23.9. The summed E-state index contributed by atoms with van der Waals surface area (Å²) in [4.78, 5) is 2.48. The number of likely N-dealkylation sites (N-methyl/N-ethyl adjacent to an activating group) is 1. The van der Waals surface area contributed by atoms with Gasteiger partial charge in [-0.2, -0.15) is 0 Å². The summed E-state index contributed by atoms with van der Waals surface area (Å²) in [5.41, 5.74) is 3.88. The fraction of sp³-hybridized carbons (Fsp3) is 0.692. The molecule has 1 aromatic rings. The van der Waals surface area contributed by atoms with Crippen molar-refractivity contribution in [1.82, 2.24) is 0 Å². The Morgan fingerprint density at radius 3 is 2.73 bits per heavy atom. The third-order valence-electron chi connectivity index (χ3n) is 10.2. The number of para-hydroxylation sites is 1. The molecular weight excluding hydrogens is 372 g/mol. The molecule has 1 unspecified atom stereocenters. The van der Waals surface area contributed by atoms with E-state index in [1.54, 1.807) is 0 Å². The van der Waals surface area contributed by atoms with Gasteiger partial charge in [0.25, 0.3) is 0 Å². The largest absolute Gasteiger partial charge is 0.392 e. The SMILES string of the molecule is CC[C@H]1[C@H]2C[C@H]3[C@@H]4N(C)c5ccccc5[C@]45C[C@@H]([C@@H]2[C@H]5O)[N+]3(CCC=C(C)C)[C@@H]1O. The van der Waals surface area contributed by atoms with E-state index >= 15 is 0 Å². The van der Waals surface area contributed by atoms with Gasteiger partial charge in [-0.1, -0.05) is 36.8 Å². The first-order chi connectivity index (χ1) is 14.4. The summed E-state index contributed by atoms with van der Waals surface area (Å²) in [7, 11) is 2.24. The van der Waals surface area contributed by atoms with E-state index in [2.05, 4.69) is 63.1 Å². The van der Waals surface area contributed by atoms with Gasteiger partial charge >= 0.3 is 0 Å². The lowest BCUT2D eigenvalue weighted by Gasteiger charge is -2.68. The minimum atomic E-state index is -0.293. The van der Waals surface area contributed by atoms with E-state index < -0.39 is 0 Å². The average molecular weight is 410 g/mol. The van der Waals surface area contributed by atoms with Crippen LogP contribution in [-0.4, -0.2) is 58.7 Å². The Morgan fingerprint density at radius 1 is 1.23 bits per heavy atom. The topological polar surface area (TPSA) is 43.7 Å². The van der Waals surface area contributed by atoms with Crippen LogP contribution >= 0.6 is 0 Å². The number of benzene rings is 1. The van der Waals surface area contributed by atoms with Crippen LogP contribution in [0.15, 0.2) is 35.9 Å². The van der Waals surface area contributed by atoms with E-state index in [9.17, 15) is 10.2 Å². The summed E-state index contributed by atoms with van der Waals surface area (Å²) in [6, 6.07) is 9.89. The van der Waals surface area contributed by atoms with Crippen molar-refractivity contribution >= 4 is 5.69 Å². The zero-order valence-electron chi connectivity index (χ0n) is 18.8. The van der Waals surface area contributed by atoms with Gasteiger partial charge in [0.2, 0.25) is 0 Å². The van der Waals surface area contributed by atoms with E-state index in [0.29, 0.717) is 29.8 Å². The molecule has 1 saturated carbocycles. The number of nitrogens with zero attached hydrogens (tertiary/aromatic N) is 2. The van der Waals surface area contributed by atoms with E-state index in [0.717, 1.165) is 36.7 Å². The molecular formula is C26H37N2O2+. The van der Waals surface area contributed by atoms with Crippen LogP contribution < -0.4 is 4.90 Å². The van der Waals surface area contributed by atoms with E-state index in [1.807, 2.05) is 0 Å². The summed E-state index contributed by atoms with van der Waals surface area (Å²) < 4.78 is 0.839. The van der Waals surface area contributed by atoms with Crippen LogP contribution in [0.3, 0.4) is 0 Å². The molecule has 2 N–H and O–H groups in total. The number of anilines is 1. The van der Waals surface area contributed by atoms with Crippen molar-refractivity contribution in [3.05, 3.63) is 41.5 Å². The number of rotatable bonds is 4. The van der Waals surface area contributed by atoms with E-state index in [1.165, 1.54) is 16.8 Å². The number of allylic oxidation sites excluding steroid dienone is 1. The lowest BCUT2D eigenvalue weighted by Crippen LogP contribution is -2.83. The minimum Gasteiger partial charge on any atom is -0.392 e. The van der Waals surface area contributed by atoms with Crippen molar-refractivity contribution in [2.45, 2.75) is 82.3 Å². The molecule has 0 radical (unpaired) electrons. The molecule has 7 rings (SSSR count). The third-order valence-corrected chi connectivity index (χ3v) is 10.2. The standard InChI is InChI=1S/C26H37N2O2/c1-5-16-17-13-20-23-26(18-10-6-7-11-19(18)27(23)4)14-21(22(17)24(26)29)28(20,25(16)30)12-8-9-15(2)3/h6-7,9-11,16-17,20-25,29-30H,5,8,12-14H2,1-4H3/q+1/t16-,17+,20-,21-,22+,23-,24+,25+,26+,28?/m0/s1. The van der Waals surface area contributed by atoms with Crippen LogP contribution in [-0.2, 0) is 5.41 Å². The molecule has 0 amide bonds. The first-order valence-electron chi connectivity index (χ1n) is 12.1. The van der Waals surface area contributed by atoms with Crippen LogP contribution in [0.25, 0.3) is 0 Å². The Kier molecular flexibility index (Phi) is 3.94. The van der Waals surface area contributed by atoms with Crippen molar-refractivity contribution < 1.29 is 14.7 Å². The molecule has 4 heteroatoms. The number of hydrogen-bond donors (Lipinski definition) is 2. The fourth-order valence-corrected chi connectivity index (χ4v) is 9.42. The Bertz CT molecular complexity index is 910. The number of hydrogen-bond acceptors (Lipinski definition) is 3. The van der Waals surface area contributed by atoms with Gasteiger partial charge in [0.15, 0.2) is 6.23 Å². The highest BCUT2D eigenvalue weighted by atomic mass is 16.3. The number of quaternary nitrogens is 1. The monoisotopic (exact) mass is 409 g/mol. The molecule has 0 aromatic heterocycles. The summed E-state index contributed by atoms with van der Waals surface area (Å²) >= 11 is 0. The molecule has 6 aliphatic rings. The van der Waals surface area contributed by atoms with E-state index in [4.69, 9.17) is 0 Å². The van der Waals surface area contributed by atoms with Crippen molar-refractivity contribution in [2.75, 3.05) is 18.5 Å². The van der Waals surface area contributed by atoms with Crippen LogP contribution in [0.4, 0.5) is 5.69 Å². The fourth-order valence-electron chi connectivity index (χ4n) is 9.42. The van der Waals surface area contributed by atoms with Crippen LogP contribution in [0.2, 0.25) is 0 Å². The number of aliphatic hydroxyl groups is 2. The van der Waals surface area contributed by atoms with Gasteiger partial charge < -0.3 is 15.1 Å². The van der Waals surface area contributed by atoms with Gasteiger partial charge in [0.1, 0.15) is 6.04 Å². The predicted molar refractivity (Wildman–Crippen MR) is 119 cm³/mol. The highest BCUT2D eigenvalue weighted by molar-refractivity contribution is 5.66. The third kappa shape index (κ3) is 1.91. The normalized spacial score (nSPS) is 49.3. The van der Waals surface area contributed by atoms with Gasteiger partial charge in [-0.15, -0.1) is 0 Å². The average Bonchev–Trinajstić information content (AvgIpc) is 3.11. The lowest BCUT2D eigenvalue weighted by atomic mass is 9.60. The van der Waals surface area contributed by atoms with Gasteiger partial charge in [0.05, 0.1) is 30.1 Å². The Labute approximate surface area is 180 Å². The molecule has 1 aromatic carbocycles. The molecule has 4 saturated heterocycles. The van der Waals surface area contributed by atoms with Crippen molar-refractivity contribution in [3.63, 3.8) is 0 Å². The smallest absolute Gasteiger partial charge is 0.194 e. The Balaban J connectivity index is 1.55. The van der Waals surface area contributed by atoms with Gasteiger partial charge in [-0.05, 0) is 37.8 Å². The van der Waals surface area contributed by atoms with Gasteiger partial charge in [-0.3, -0.25) is 4.48 Å². The molecule has 5 fully saturated rings. The van der Waals surface area contributed by atoms with Crippen molar-refractivity contribution in [2.24, 2.45) is 17.8 Å². The van der Waals surface area contributed by atoms with Crippen molar-refractivity contribution in [1.29, 1.82) is 0 Å². The number of aliphatic hydroxyl groups excluding tert-OH is 2. The van der Waals surface area contributed by atoms with Crippen LogP contribution in [0.1, 0.15) is 52.0 Å². The molecule has 30 heavy (non-hydrogen) atoms.